The molecule has 2 unspecified atom stereocenters. The Morgan fingerprint density at radius 2 is 1.46 bits per heavy atom. The van der Waals surface area contributed by atoms with Crippen LogP contribution < -0.4 is 5.32 Å². The average molecular weight is 457 g/mol. The number of anilines is 1. The Morgan fingerprint density at radius 1 is 0.743 bits per heavy atom. The first kappa shape index (κ1) is 22.9. The number of nitrogens with one attached hydrogen (secondary N) is 1. The molecule has 0 spiro atoms. The third-order valence-corrected chi connectivity index (χ3v) is 7.00. The maximum atomic E-state index is 5.23. The van der Waals surface area contributed by atoms with Gasteiger partial charge in [0.1, 0.15) is 0 Å². The van der Waals surface area contributed by atoms with Gasteiger partial charge in [0.15, 0.2) is 0 Å². The fraction of sp³-hybridized carbons (Fsp3) is 0.182. The molecule has 174 valence electrons. The van der Waals surface area contributed by atoms with E-state index in [0.29, 0.717) is 5.92 Å². The summed E-state index contributed by atoms with van der Waals surface area (Å²) in [6, 6.07) is 38.5. The zero-order valence-corrected chi connectivity index (χ0v) is 20.7. The Labute approximate surface area is 208 Å². The Morgan fingerprint density at radius 3 is 2.29 bits per heavy atom. The minimum Gasteiger partial charge on any atom is -0.372 e. The highest BCUT2D eigenvalue weighted by molar-refractivity contribution is 5.95. The number of rotatable bonds is 7. The molecule has 1 heterocycles. The topological polar surface area (TPSA) is 24.9 Å². The summed E-state index contributed by atoms with van der Waals surface area (Å²) < 4.78 is 0. The van der Waals surface area contributed by atoms with E-state index in [2.05, 4.69) is 135 Å². The second kappa shape index (κ2) is 10.1. The van der Waals surface area contributed by atoms with Gasteiger partial charge < -0.3 is 5.32 Å². The molecule has 5 rings (SSSR count). The highest BCUT2D eigenvalue weighted by atomic mass is 15.0. The number of hydrogen-bond donors (Lipinski definition) is 1. The van der Waals surface area contributed by atoms with Crippen LogP contribution in [0.5, 0.6) is 0 Å². The van der Waals surface area contributed by atoms with Crippen molar-refractivity contribution in [2.75, 3.05) is 5.32 Å². The van der Waals surface area contributed by atoms with Crippen molar-refractivity contribution in [2.24, 2.45) is 0 Å². The molecule has 4 aromatic carbocycles. The van der Waals surface area contributed by atoms with E-state index >= 15 is 0 Å². The van der Waals surface area contributed by atoms with Gasteiger partial charge in [-0.05, 0) is 58.9 Å². The van der Waals surface area contributed by atoms with Crippen molar-refractivity contribution in [3.63, 3.8) is 0 Å². The molecule has 0 radical (unpaired) electrons. The lowest BCUT2D eigenvalue weighted by molar-refractivity contribution is 0.731. The van der Waals surface area contributed by atoms with Crippen LogP contribution in [0, 0.1) is 6.92 Å². The predicted molar refractivity (Wildman–Crippen MR) is 149 cm³/mol. The first-order chi connectivity index (χ1) is 17.2. The highest BCUT2D eigenvalue weighted by Gasteiger charge is 2.20. The van der Waals surface area contributed by atoms with Crippen LogP contribution in [0.4, 0.5) is 5.69 Å². The zero-order valence-electron chi connectivity index (χ0n) is 20.7. The fourth-order valence-electron chi connectivity index (χ4n) is 4.85. The zero-order chi connectivity index (χ0) is 24.2. The van der Waals surface area contributed by atoms with Crippen molar-refractivity contribution >= 4 is 16.5 Å². The van der Waals surface area contributed by atoms with E-state index in [1.165, 1.54) is 33.2 Å². The van der Waals surface area contributed by atoms with E-state index in [1.54, 1.807) is 0 Å². The summed E-state index contributed by atoms with van der Waals surface area (Å²) in [4.78, 5) is 5.23. The summed E-state index contributed by atoms with van der Waals surface area (Å²) in [5.41, 5.74) is 8.20. The molecule has 2 nitrogen and oxygen atoms in total. The molecule has 2 heteroatoms. The number of hydrogen-bond acceptors (Lipinski definition) is 2. The number of pyridine rings is 1. The van der Waals surface area contributed by atoms with Gasteiger partial charge in [-0.3, -0.25) is 4.98 Å². The molecule has 1 aromatic heterocycles. The second-order valence-electron chi connectivity index (χ2n) is 9.31. The molecule has 1 N–H and O–H groups in total. The molecule has 5 aromatic rings. The number of para-hydroxylation sites is 1. The van der Waals surface area contributed by atoms with E-state index in [9.17, 15) is 0 Å². The fourth-order valence-corrected chi connectivity index (χ4v) is 4.85. The molecule has 0 saturated carbocycles. The van der Waals surface area contributed by atoms with E-state index in [-0.39, 0.29) is 6.04 Å². The van der Waals surface area contributed by atoms with Gasteiger partial charge in [0.2, 0.25) is 0 Å². The third kappa shape index (κ3) is 4.70. The Bertz CT molecular complexity index is 1430. The number of fused-ring (bicyclic) bond motifs is 1. The van der Waals surface area contributed by atoms with E-state index in [0.717, 1.165) is 23.4 Å². The molecule has 0 amide bonds. The maximum Gasteiger partial charge on any atom is 0.0940 e. The summed E-state index contributed by atoms with van der Waals surface area (Å²) in [6.45, 7) is 6.74. The van der Waals surface area contributed by atoms with Crippen molar-refractivity contribution in [3.05, 3.63) is 132 Å². The van der Waals surface area contributed by atoms with Gasteiger partial charge in [-0.1, -0.05) is 111 Å². The number of aromatic nitrogens is 1. The van der Waals surface area contributed by atoms with Crippen LogP contribution >= 0.6 is 0 Å². The second-order valence-corrected chi connectivity index (χ2v) is 9.31. The molecular weight excluding hydrogens is 424 g/mol. The van der Waals surface area contributed by atoms with E-state index < -0.39 is 0 Å². The largest absolute Gasteiger partial charge is 0.372 e. The summed E-state index contributed by atoms with van der Waals surface area (Å²) in [5.74, 6) is 0.476. The van der Waals surface area contributed by atoms with Crippen LogP contribution in [0.2, 0.25) is 0 Å². The molecule has 2 atom stereocenters. The van der Waals surface area contributed by atoms with Gasteiger partial charge in [-0.25, -0.2) is 0 Å². The van der Waals surface area contributed by atoms with Crippen LogP contribution in [0.15, 0.2) is 109 Å². The van der Waals surface area contributed by atoms with Crippen molar-refractivity contribution in [1.82, 2.24) is 4.98 Å². The lowest BCUT2D eigenvalue weighted by atomic mass is 9.93. The predicted octanol–water partition coefficient (Wildman–Crippen LogP) is 8.93. The van der Waals surface area contributed by atoms with Crippen molar-refractivity contribution < 1.29 is 0 Å². The standard InChI is InChI=1S/C33H32N2/c1-4-23(2)27-19-10-13-24(3)32(27)35-33(26-15-6-5-7-16-26)31-22-12-21-30(34-31)29-20-11-17-25-14-8-9-18-28(25)29/h5-23,33,35H,4H2,1-3H3. The lowest BCUT2D eigenvalue weighted by Gasteiger charge is -2.25. The Hall–Kier alpha value is -3.91. The normalized spacial score (nSPS) is 12.9. The first-order valence-electron chi connectivity index (χ1n) is 12.5. The summed E-state index contributed by atoms with van der Waals surface area (Å²) in [7, 11) is 0. The van der Waals surface area contributed by atoms with Crippen LogP contribution in [0.1, 0.15) is 54.6 Å². The maximum absolute atomic E-state index is 5.23. The minimum atomic E-state index is -0.0602. The highest BCUT2D eigenvalue weighted by Crippen LogP contribution is 2.35. The lowest BCUT2D eigenvalue weighted by Crippen LogP contribution is -2.16. The smallest absolute Gasteiger partial charge is 0.0940 e. The van der Waals surface area contributed by atoms with Crippen molar-refractivity contribution in [2.45, 2.75) is 39.2 Å². The van der Waals surface area contributed by atoms with Crippen LogP contribution in [-0.2, 0) is 0 Å². The van der Waals surface area contributed by atoms with Crippen LogP contribution in [0.25, 0.3) is 22.0 Å². The number of nitrogens with zero attached hydrogens (tertiary/aromatic N) is 1. The van der Waals surface area contributed by atoms with Gasteiger partial charge >= 0.3 is 0 Å². The number of benzene rings is 4. The van der Waals surface area contributed by atoms with E-state index in [4.69, 9.17) is 4.98 Å². The van der Waals surface area contributed by atoms with Gasteiger partial charge in [-0.15, -0.1) is 0 Å². The van der Waals surface area contributed by atoms with Gasteiger partial charge in [-0.2, -0.15) is 0 Å². The summed E-state index contributed by atoms with van der Waals surface area (Å²) in [6.07, 6.45) is 1.10. The summed E-state index contributed by atoms with van der Waals surface area (Å²) >= 11 is 0. The Balaban J connectivity index is 1.63. The van der Waals surface area contributed by atoms with Crippen LogP contribution in [-0.4, -0.2) is 4.98 Å². The molecule has 0 aliphatic rings. The van der Waals surface area contributed by atoms with Crippen molar-refractivity contribution in [3.8, 4) is 11.3 Å². The first-order valence-corrected chi connectivity index (χ1v) is 12.5. The molecular formula is C33H32N2. The number of aryl methyl sites for hydroxylation is 1. The van der Waals surface area contributed by atoms with Crippen molar-refractivity contribution in [1.29, 1.82) is 0 Å². The molecule has 35 heavy (non-hydrogen) atoms. The SMILES string of the molecule is CCC(C)c1cccc(C)c1NC(c1ccccc1)c1cccc(-c2cccc3ccccc23)n1. The molecule has 0 aliphatic carbocycles. The molecule has 0 bridgehead atoms. The monoisotopic (exact) mass is 456 g/mol. The Kier molecular flexibility index (Phi) is 6.63. The average Bonchev–Trinajstić information content (AvgIpc) is 2.92. The molecule has 0 saturated heterocycles. The quantitative estimate of drug-likeness (QED) is 0.264. The third-order valence-electron chi connectivity index (χ3n) is 7.00. The van der Waals surface area contributed by atoms with Gasteiger partial charge in [0.05, 0.1) is 17.4 Å². The van der Waals surface area contributed by atoms with Crippen LogP contribution in [0.3, 0.4) is 0 Å². The van der Waals surface area contributed by atoms with E-state index in [1.807, 2.05) is 0 Å². The van der Waals surface area contributed by atoms with Gasteiger partial charge in [0.25, 0.3) is 0 Å². The van der Waals surface area contributed by atoms with Gasteiger partial charge in [0, 0.05) is 11.3 Å². The molecule has 0 aliphatic heterocycles. The molecule has 0 fully saturated rings. The summed E-state index contributed by atoms with van der Waals surface area (Å²) in [5, 5.41) is 6.37. The minimum absolute atomic E-state index is 0.0602.